The standard InChI is InChI=1S/C26H28FNO4/c1-5-25(23(30)31)12-26(13-25)21-18-11-17(29)7-9-20(18)28(22(21)24(3,4)14-32-26)16-6-8-19(27)15(2)10-16/h6-11,29H,5,12-14H2,1-4H3,(H,30,31). The highest BCUT2D eigenvalue weighted by atomic mass is 19.1. The van der Waals surface area contributed by atoms with E-state index in [0.29, 0.717) is 31.4 Å². The zero-order chi connectivity index (χ0) is 23.1. The number of carboxylic acid groups (broad SMARTS) is 1. The molecular weight excluding hydrogens is 409 g/mol. The Bertz CT molecular complexity index is 1270. The molecule has 0 saturated heterocycles. The minimum atomic E-state index is -0.809. The first-order chi connectivity index (χ1) is 15.0. The van der Waals surface area contributed by atoms with E-state index in [1.54, 1.807) is 25.1 Å². The Morgan fingerprint density at radius 3 is 2.53 bits per heavy atom. The van der Waals surface area contributed by atoms with Crippen LogP contribution in [-0.2, 0) is 20.5 Å². The third-order valence-electron chi connectivity index (χ3n) is 7.53. The molecule has 32 heavy (non-hydrogen) atoms. The van der Waals surface area contributed by atoms with Crippen molar-refractivity contribution >= 4 is 16.9 Å². The van der Waals surface area contributed by atoms with Crippen molar-refractivity contribution in [2.45, 2.75) is 58.0 Å². The smallest absolute Gasteiger partial charge is 0.309 e. The van der Waals surface area contributed by atoms with Crippen LogP contribution in [0.1, 0.15) is 56.9 Å². The molecule has 1 aliphatic carbocycles. The van der Waals surface area contributed by atoms with Crippen LogP contribution < -0.4 is 0 Å². The summed E-state index contributed by atoms with van der Waals surface area (Å²) < 4.78 is 22.7. The number of benzene rings is 2. The van der Waals surface area contributed by atoms with Gasteiger partial charge in [-0.15, -0.1) is 0 Å². The van der Waals surface area contributed by atoms with Gasteiger partial charge in [-0.25, -0.2) is 4.39 Å². The molecule has 1 aliphatic heterocycles. The van der Waals surface area contributed by atoms with Gasteiger partial charge in [0.05, 0.1) is 23.1 Å². The molecule has 2 aliphatic rings. The lowest BCUT2D eigenvalue weighted by Gasteiger charge is -2.57. The molecule has 1 saturated carbocycles. The van der Waals surface area contributed by atoms with Crippen LogP contribution in [0.15, 0.2) is 36.4 Å². The van der Waals surface area contributed by atoms with Crippen LogP contribution in [0.4, 0.5) is 4.39 Å². The molecule has 0 unspecified atom stereocenters. The predicted octanol–water partition coefficient (Wildman–Crippen LogP) is 5.56. The zero-order valence-electron chi connectivity index (χ0n) is 18.8. The average Bonchev–Trinajstić information content (AvgIpc) is 3.05. The molecule has 1 aromatic heterocycles. The Labute approximate surface area is 186 Å². The number of aliphatic carboxylic acids is 1. The Kier molecular flexibility index (Phi) is 4.32. The molecule has 6 heteroatoms. The largest absolute Gasteiger partial charge is 0.508 e. The Morgan fingerprint density at radius 2 is 1.91 bits per heavy atom. The van der Waals surface area contributed by atoms with Gasteiger partial charge in [0.25, 0.3) is 0 Å². The van der Waals surface area contributed by atoms with E-state index in [1.807, 2.05) is 19.1 Å². The number of aromatic hydroxyl groups is 1. The summed E-state index contributed by atoms with van der Waals surface area (Å²) in [7, 11) is 0. The van der Waals surface area contributed by atoms with Crippen molar-refractivity contribution < 1.29 is 24.1 Å². The molecule has 0 amide bonds. The lowest BCUT2D eigenvalue weighted by Crippen LogP contribution is -2.58. The second-order valence-electron chi connectivity index (χ2n) is 10.2. The maximum absolute atomic E-state index is 14.1. The summed E-state index contributed by atoms with van der Waals surface area (Å²) in [6.45, 7) is 8.31. The molecule has 1 fully saturated rings. The number of ether oxygens (including phenoxy) is 1. The number of carbonyl (C=O) groups is 1. The summed E-state index contributed by atoms with van der Waals surface area (Å²) in [6.07, 6.45) is 1.32. The molecule has 2 N–H and O–H groups in total. The molecule has 0 bridgehead atoms. The number of aromatic nitrogens is 1. The lowest BCUT2D eigenvalue weighted by atomic mass is 9.53. The normalized spacial score (nSPS) is 26.2. The van der Waals surface area contributed by atoms with E-state index in [1.165, 1.54) is 6.07 Å². The van der Waals surface area contributed by atoms with Crippen molar-refractivity contribution in [3.63, 3.8) is 0 Å². The van der Waals surface area contributed by atoms with Gasteiger partial charge >= 0.3 is 5.97 Å². The number of phenolic OH excluding ortho intramolecular Hbond substituents is 1. The van der Waals surface area contributed by atoms with Crippen LogP contribution in [0.5, 0.6) is 5.75 Å². The van der Waals surface area contributed by atoms with Crippen LogP contribution in [0.25, 0.3) is 16.6 Å². The van der Waals surface area contributed by atoms with Gasteiger partial charge < -0.3 is 19.5 Å². The number of phenols is 1. The highest BCUT2D eigenvalue weighted by Gasteiger charge is 2.63. The molecule has 0 atom stereocenters. The van der Waals surface area contributed by atoms with Crippen molar-refractivity contribution in [1.82, 2.24) is 4.57 Å². The van der Waals surface area contributed by atoms with Gasteiger partial charge in [0.1, 0.15) is 11.6 Å². The zero-order valence-corrected chi connectivity index (χ0v) is 18.8. The van der Waals surface area contributed by atoms with E-state index >= 15 is 0 Å². The van der Waals surface area contributed by atoms with E-state index in [2.05, 4.69) is 18.4 Å². The molecule has 1 spiro atoms. The summed E-state index contributed by atoms with van der Waals surface area (Å²) in [4.78, 5) is 12.1. The van der Waals surface area contributed by atoms with Gasteiger partial charge in [0, 0.05) is 27.7 Å². The quantitative estimate of drug-likeness (QED) is 0.563. The fourth-order valence-electron chi connectivity index (χ4n) is 5.75. The van der Waals surface area contributed by atoms with Crippen LogP contribution in [0.2, 0.25) is 0 Å². The third-order valence-corrected chi connectivity index (χ3v) is 7.53. The number of rotatable bonds is 3. The van der Waals surface area contributed by atoms with Crippen LogP contribution >= 0.6 is 0 Å². The molecule has 168 valence electrons. The first-order valence-corrected chi connectivity index (χ1v) is 11.1. The first-order valence-electron chi connectivity index (χ1n) is 11.1. The summed E-state index contributed by atoms with van der Waals surface area (Å²) in [5, 5.41) is 21.1. The van der Waals surface area contributed by atoms with Crippen molar-refractivity contribution in [3.05, 3.63) is 59.0 Å². The van der Waals surface area contributed by atoms with Crippen molar-refractivity contribution in [2.24, 2.45) is 5.41 Å². The molecule has 2 aromatic carbocycles. The summed E-state index contributed by atoms with van der Waals surface area (Å²) in [5.41, 5.74) is 2.37. The molecule has 3 aromatic rings. The Balaban J connectivity index is 1.84. The van der Waals surface area contributed by atoms with Gasteiger partial charge in [0.2, 0.25) is 0 Å². The Morgan fingerprint density at radius 1 is 1.19 bits per heavy atom. The summed E-state index contributed by atoms with van der Waals surface area (Å²) in [5.74, 6) is -0.907. The number of carboxylic acids is 1. The van der Waals surface area contributed by atoms with E-state index in [0.717, 1.165) is 27.8 Å². The van der Waals surface area contributed by atoms with Gasteiger partial charge in [-0.05, 0) is 68.1 Å². The predicted molar refractivity (Wildman–Crippen MR) is 120 cm³/mol. The van der Waals surface area contributed by atoms with Crippen molar-refractivity contribution in [3.8, 4) is 11.4 Å². The molecule has 2 heterocycles. The van der Waals surface area contributed by atoms with E-state index in [-0.39, 0.29) is 17.0 Å². The van der Waals surface area contributed by atoms with E-state index < -0.39 is 17.0 Å². The Hall–Kier alpha value is -2.86. The topological polar surface area (TPSA) is 71.7 Å². The minimum absolute atomic E-state index is 0.144. The van der Waals surface area contributed by atoms with Crippen molar-refractivity contribution in [2.75, 3.05) is 6.61 Å². The van der Waals surface area contributed by atoms with Gasteiger partial charge in [-0.2, -0.15) is 0 Å². The summed E-state index contributed by atoms with van der Waals surface area (Å²) in [6, 6.07) is 10.3. The monoisotopic (exact) mass is 437 g/mol. The van der Waals surface area contributed by atoms with Gasteiger partial charge in [-0.1, -0.05) is 20.8 Å². The molecule has 0 radical (unpaired) electrons. The maximum atomic E-state index is 14.1. The fraction of sp³-hybridized carbons (Fsp3) is 0.423. The number of aryl methyl sites for hydroxylation is 1. The van der Waals surface area contributed by atoms with Crippen LogP contribution in [-0.4, -0.2) is 27.4 Å². The lowest BCUT2D eigenvalue weighted by molar-refractivity contribution is -0.210. The number of hydrogen-bond acceptors (Lipinski definition) is 3. The molecule has 5 rings (SSSR count). The summed E-state index contributed by atoms with van der Waals surface area (Å²) >= 11 is 0. The minimum Gasteiger partial charge on any atom is -0.508 e. The van der Waals surface area contributed by atoms with Crippen LogP contribution in [0.3, 0.4) is 0 Å². The number of halogens is 1. The van der Waals surface area contributed by atoms with E-state index in [4.69, 9.17) is 4.74 Å². The number of fused-ring (bicyclic) bond motifs is 4. The first kappa shape index (κ1) is 21.0. The average molecular weight is 438 g/mol. The fourth-order valence-corrected chi connectivity index (χ4v) is 5.75. The van der Waals surface area contributed by atoms with Gasteiger partial charge in [-0.3, -0.25) is 4.79 Å². The molecule has 5 nitrogen and oxygen atoms in total. The highest BCUT2D eigenvalue weighted by molar-refractivity contribution is 5.91. The second-order valence-corrected chi connectivity index (χ2v) is 10.2. The van der Waals surface area contributed by atoms with Crippen LogP contribution in [0, 0.1) is 18.2 Å². The van der Waals surface area contributed by atoms with E-state index in [9.17, 15) is 19.4 Å². The molecular formula is C26H28FNO4. The SMILES string of the molecule is CCC1(C(=O)O)CC2(C1)OCC(C)(C)c1c2c2cc(O)ccc2n1-c1ccc(F)c(C)c1. The third kappa shape index (κ3) is 2.68. The number of hydrogen-bond donors (Lipinski definition) is 2. The second kappa shape index (κ2) is 6.58. The highest BCUT2D eigenvalue weighted by Crippen LogP contribution is 2.63. The maximum Gasteiger partial charge on any atom is 0.309 e. The van der Waals surface area contributed by atoms with Gasteiger partial charge in [0.15, 0.2) is 0 Å². The van der Waals surface area contributed by atoms with Crippen molar-refractivity contribution in [1.29, 1.82) is 0 Å². The number of nitrogens with zero attached hydrogens (tertiary/aromatic N) is 1.